The highest BCUT2D eigenvalue weighted by Crippen LogP contribution is 2.15. The average Bonchev–Trinajstić information content (AvgIpc) is 2.78. The number of hydrogen-bond donors (Lipinski definition) is 2. The first kappa shape index (κ1) is 31.5. The van der Waals surface area contributed by atoms with Gasteiger partial charge < -0.3 is 10.4 Å². The SMILES string of the molecule is CCCCCCCCCCCCCCCCCCCCCCCCCCC=CNC(C)O. The third-order valence-electron chi connectivity index (χ3n) is 6.68. The Morgan fingerprint density at radius 1 is 0.500 bits per heavy atom. The van der Waals surface area contributed by atoms with Crippen LogP contribution in [0.15, 0.2) is 12.3 Å². The lowest BCUT2D eigenvalue weighted by Gasteiger charge is -2.04. The number of allylic oxidation sites excluding steroid dienone is 1. The Kier molecular flexibility index (Phi) is 28.1. The highest BCUT2D eigenvalue weighted by molar-refractivity contribution is 4.79. The lowest BCUT2D eigenvalue weighted by molar-refractivity contribution is 0.173. The average molecular weight is 452 g/mol. The van der Waals surface area contributed by atoms with Gasteiger partial charge in [-0.3, -0.25) is 0 Å². The van der Waals surface area contributed by atoms with Crippen molar-refractivity contribution in [1.82, 2.24) is 5.32 Å². The first-order chi connectivity index (χ1) is 15.8. The largest absolute Gasteiger partial charge is 0.374 e. The smallest absolute Gasteiger partial charge is 0.121 e. The van der Waals surface area contributed by atoms with Crippen LogP contribution in [0.3, 0.4) is 0 Å². The zero-order valence-electron chi connectivity index (χ0n) is 22.4. The Labute approximate surface area is 203 Å². The van der Waals surface area contributed by atoms with Gasteiger partial charge in [0.05, 0.1) is 0 Å². The van der Waals surface area contributed by atoms with Crippen molar-refractivity contribution in [3.05, 3.63) is 12.3 Å². The number of rotatable bonds is 27. The van der Waals surface area contributed by atoms with Crippen molar-refractivity contribution in [2.75, 3.05) is 0 Å². The summed E-state index contributed by atoms with van der Waals surface area (Å²) in [4.78, 5) is 0. The molecule has 0 aromatic rings. The van der Waals surface area contributed by atoms with Crippen molar-refractivity contribution in [3.63, 3.8) is 0 Å². The molecule has 0 spiro atoms. The summed E-state index contributed by atoms with van der Waals surface area (Å²) in [7, 11) is 0. The van der Waals surface area contributed by atoms with Gasteiger partial charge in [-0.2, -0.15) is 0 Å². The van der Waals surface area contributed by atoms with Crippen LogP contribution < -0.4 is 5.32 Å². The zero-order chi connectivity index (χ0) is 23.4. The molecular formula is C30H61NO. The molecule has 0 fully saturated rings. The maximum Gasteiger partial charge on any atom is 0.121 e. The first-order valence-electron chi connectivity index (χ1n) is 14.9. The van der Waals surface area contributed by atoms with Crippen LogP contribution in [0.25, 0.3) is 0 Å². The van der Waals surface area contributed by atoms with E-state index < -0.39 is 6.23 Å². The molecule has 2 nitrogen and oxygen atoms in total. The Hall–Kier alpha value is -0.500. The van der Waals surface area contributed by atoms with Crippen LogP contribution in [-0.2, 0) is 0 Å². The molecule has 0 rings (SSSR count). The molecule has 0 aliphatic carbocycles. The Morgan fingerprint density at radius 2 is 0.781 bits per heavy atom. The van der Waals surface area contributed by atoms with Crippen LogP contribution in [0.5, 0.6) is 0 Å². The monoisotopic (exact) mass is 451 g/mol. The molecule has 2 N–H and O–H groups in total. The van der Waals surface area contributed by atoms with E-state index in [0.717, 1.165) is 6.42 Å². The Morgan fingerprint density at radius 3 is 1.06 bits per heavy atom. The number of hydrogen-bond acceptors (Lipinski definition) is 2. The lowest BCUT2D eigenvalue weighted by atomic mass is 10.0. The Bertz CT molecular complexity index is 353. The first-order valence-corrected chi connectivity index (χ1v) is 14.9. The van der Waals surface area contributed by atoms with E-state index in [1.54, 1.807) is 6.92 Å². The molecule has 0 saturated carbocycles. The maximum absolute atomic E-state index is 9.08. The van der Waals surface area contributed by atoms with Crippen LogP contribution in [0, 0.1) is 0 Å². The van der Waals surface area contributed by atoms with Crippen molar-refractivity contribution >= 4 is 0 Å². The van der Waals surface area contributed by atoms with E-state index in [9.17, 15) is 0 Å². The topological polar surface area (TPSA) is 32.3 Å². The van der Waals surface area contributed by atoms with E-state index in [2.05, 4.69) is 18.3 Å². The molecular weight excluding hydrogens is 390 g/mol. The lowest BCUT2D eigenvalue weighted by Crippen LogP contribution is -2.18. The Balaban J connectivity index is 3.03. The molecule has 0 aliphatic heterocycles. The van der Waals surface area contributed by atoms with E-state index in [-0.39, 0.29) is 0 Å². The molecule has 1 unspecified atom stereocenters. The van der Waals surface area contributed by atoms with Gasteiger partial charge in [0.2, 0.25) is 0 Å². The summed E-state index contributed by atoms with van der Waals surface area (Å²) in [6, 6.07) is 0. The van der Waals surface area contributed by atoms with Gasteiger partial charge in [-0.1, -0.05) is 161 Å². The summed E-state index contributed by atoms with van der Waals surface area (Å²) in [5.74, 6) is 0. The fourth-order valence-electron chi connectivity index (χ4n) is 4.52. The molecule has 0 heterocycles. The van der Waals surface area contributed by atoms with Gasteiger partial charge in [-0.05, 0) is 26.0 Å². The summed E-state index contributed by atoms with van der Waals surface area (Å²) in [5, 5.41) is 12.0. The number of unbranched alkanes of at least 4 members (excludes halogenated alkanes) is 24. The number of aliphatic hydroxyl groups excluding tert-OH is 1. The van der Waals surface area contributed by atoms with Crippen LogP contribution in [0.1, 0.15) is 174 Å². The molecule has 0 radical (unpaired) electrons. The maximum atomic E-state index is 9.08. The van der Waals surface area contributed by atoms with Gasteiger partial charge in [0.15, 0.2) is 0 Å². The van der Waals surface area contributed by atoms with Gasteiger partial charge >= 0.3 is 0 Å². The quantitative estimate of drug-likeness (QED) is 0.0961. The van der Waals surface area contributed by atoms with Crippen molar-refractivity contribution in [1.29, 1.82) is 0 Å². The van der Waals surface area contributed by atoms with Gasteiger partial charge in [0, 0.05) is 0 Å². The normalized spacial score (nSPS) is 12.6. The summed E-state index contributed by atoms with van der Waals surface area (Å²) >= 11 is 0. The van der Waals surface area contributed by atoms with Crippen molar-refractivity contribution in [2.45, 2.75) is 181 Å². The molecule has 0 bridgehead atoms. The minimum absolute atomic E-state index is 0.439. The van der Waals surface area contributed by atoms with Crippen molar-refractivity contribution in [2.24, 2.45) is 0 Å². The van der Waals surface area contributed by atoms with E-state index >= 15 is 0 Å². The summed E-state index contributed by atoms with van der Waals surface area (Å²) in [6.45, 7) is 4.04. The molecule has 0 aromatic heterocycles. The highest BCUT2D eigenvalue weighted by atomic mass is 16.3. The molecule has 0 amide bonds. The molecule has 32 heavy (non-hydrogen) atoms. The number of aliphatic hydroxyl groups is 1. The standard InChI is InChI=1S/C30H61NO/c1-3-4-5-6-7-8-9-10-11-12-13-14-15-16-17-18-19-20-21-22-23-24-25-26-27-28-29-31-30(2)32/h28-32H,3-27H2,1-2H3. The minimum Gasteiger partial charge on any atom is -0.374 e. The van der Waals surface area contributed by atoms with Gasteiger partial charge in [-0.15, -0.1) is 0 Å². The summed E-state index contributed by atoms with van der Waals surface area (Å²) in [5.41, 5.74) is 0. The fraction of sp³-hybridized carbons (Fsp3) is 0.933. The second-order valence-corrected chi connectivity index (χ2v) is 10.2. The predicted molar refractivity (Wildman–Crippen MR) is 145 cm³/mol. The number of nitrogens with one attached hydrogen (secondary N) is 1. The van der Waals surface area contributed by atoms with E-state index in [0.29, 0.717) is 0 Å². The molecule has 0 aliphatic rings. The second-order valence-electron chi connectivity index (χ2n) is 10.2. The van der Waals surface area contributed by atoms with E-state index in [1.165, 1.54) is 154 Å². The zero-order valence-corrected chi connectivity index (χ0v) is 22.4. The van der Waals surface area contributed by atoms with Crippen LogP contribution >= 0.6 is 0 Å². The predicted octanol–water partition coefficient (Wildman–Crippen LogP) is 10.2. The van der Waals surface area contributed by atoms with Crippen molar-refractivity contribution in [3.8, 4) is 0 Å². The minimum atomic E-state index is -0.439. The summed E-state index contributed by atoms with van der Waals surface area (Å²) < 4.78 is 0. The van der Waals surface area contributed by atoms with Gasteiger partial charge in [0.25, 0.3) is 0 Å². The second kappa shape index (κ2) is 28.5. The highest BCUT2D eigenvalue weighted by Gasteiger charge is 1.96. The fourth-order valence-corrected chi connectivity index (χ4v) is 4.52. The third kappa shape index (κ3) is 29.5. The van der Waals surface area contributed by atoms with Crippen molar-refractivity contribution < 1.29 is 5.11 Å². The van der Waals surface area contributed by atoms with E-state index in [1.807, 2.05) is 6.20 Å². The molecule has 2 heteroatoms. The van der Waals surface area contributed by atoms with E-state index in [4.69, 9.17) is 5.11 Å². The molecule has 1 atom stereocenters. The summed E-state index contributed by atoms with van der Waals surface area (Å²) in [6.07, 6.45) is 39.3. The molecule has 0 saturated heterocycles. The van der Waals surface area contributed by atoms with Crippen LogP contribution in [0.2, 0.25) is 0 Å². The van der Waals surface area contributed by atoms with Crippen LogP contribution in [-0.4, -0.2) is 11.3 Å². The van der Waals surface area contributed by atoms with Gasteiger partial charge in [0.1, 0.15) is 6.23 Å². The third-order valence-corrected chi connectivity index (χ3v) is 6.68. The van der Waals surface area contributed by atoms with Crippen LogP contribution in [0.4, 0.5) is 0 Å². The van der Waals surface area contributed by atoms with Gasteiger partial charge in [-0.25, -0.2) is 0 Å². The molecule has 192 valence electrons. The molecule has 0 aromatic carbocycles.